The minimum absolute atomic E-state index is 0.407. The standard InChI is InChI=1S/C6H10OS2/c7-6-4-8-2-1-3-9-5-6/h1-5H2. The van der Waals surface area contributed by atoms with Crippen molar-refractivity contribution in [3.05, 3.63) is 0 Å². The van der Waals surface area contributed by atoms with Crippen LogP contribution in [0, 0.1) is 0 Å². The Morgan fingerprint density at radius 3 is 2.22 bits per heavy atom. The van der Waals surface area contributed by atoms with E-state index >= 15 is 0 Å². The summed E-state index contributed by atoms with van der Waals surface area (Å²) >= 11 is 3.55. The molecule has 0 aromatic rings. The second kappa shape index (κ2) is 4.23. The van der Waals surface area contributed by atoms with E-state index in [0.717, 1.165) is 11.5 Å². The first-order valence-electron chi connectivity index (χ1n) is 3.07. The number of carbonyl (C=O) groups excluding carboxylic acids is 1. The first-order valence-corrected chi connectivity index (χ1v) is 5.38. The predicted molar refractivity (Wildman–Crippen MR) is 44.3 cm³/mol. The molecule has 0 N–H and O–H groups in total. The van der Waals surface area contributed by atoms with Crippen molar-refractivity contribution in [1.82, 2.24) is 0 Å². The van der Waals surface area contributed by atoms with Crippen LogP contribution in [0.15, 0.2) is 0 Å². The minimum atomic E-state index is 0.407. The van der Waals surface area contributed by atoms with Crippen LogP contribution in [0.3, 0.4) is 0 Å². The van der Waals surface area contributed by atoms with Crippen LogP contribution in [0.4, 0.5) is 0 Å². The second-order valence-corrected chi connectivity index (χ2v) is 4.21. The molecule has 1 fully saturated rings. The van der Waals surface area contributed by atoms with Gasteiger partial charge in [-0.05, 0) is 17.9 Å². The van der Waals surface area contributed by atoms with Crippen LogP contribution in [0.1, 0.15) is 6.42 Å². The van der Waals surface area contributed by atoms with Gasteiger partial charge in [-0.15, -0.1) is 0 Å². The Labute approximate surface area is 64.0 Å². The molecule has 0 radical (unpaired) electrons. The first kappa shape index (κ1) is 7.48. The number of thioether (sulfide) groups is 2. The van der Waals surface area contributed by atoms with Gasteiger partial charge in [0.1, 0.15) is 0 Å². The largest absolute Gasteiger partial charge is 0.298 e. The molecular weight excluding hydrogens is 152 g/mol. The molecule has 0 spiro atoms. The average molecular weight is 162 g/mol. The molecule has 1 aliphatic heterocycles. The fraction of sp³-hybridized carbons (Fsp3) is 0.833. The number of ketones is 1. The lowest BCUT2D eigenvalue weighted by molar-refractivity contribution is -0.114. The van der Waals surface area contributed by atoms with E-state index in [4.69, 9.17) is 0 Å². The Morgan fingerprint density at radius 1 is 1.11 bits per heavy atom. The Morgan fingerprint density at radius 2 is 1.67 bits per heavy atom. The van der Waals surface area contributed by atoms with Crippen molar-refractivity contribution in [3.63, 3.8) is 0 Å². The van der Waals surface area contributed by atoms with Crippen molar-refractivity contribution in [2.75, 3.05) is 23.0 Å². The molecule has 9 heavy (non-hydrogen) atoms. The van der Waals surface area contributed by atoms with Crippen molar-refractivity contribution in [3.8, 4) is 0 Å². The van der Waals surface area contributed by atoms with Gasteiger partial charge in [-0.2, -0.15) is 23.5 Å². The summed E-state index contributed by atoms with van der Waals surface area (Å²) in [5.41, 5.74) is 0. The van der Waals surface area contributed by atoms with Gasteiger partial charge in [0, 0.05) is 0 Å². The van der Waals surface area contributed by atoms with E-state index < -0.39 is 0 Å². The molecule has 0 unspecified atom stereocenters. The van der Waals surface area contributed by atoms with Crippen LogP contribution in [0.2, 0.25) is 0 Å². The molecule has 0 aliphatic carbocycles. The molecule has 1 heterocycles. The third-order valence-electron chi connectivity index (χ3n) is 1.10. The highest BCUT2D eigenvalue weighted by atomic mass is 32.2. The van der Waals surface area contributed by atoms with Gasteiger partial charge in [-0.1, -0.05) is 0 Å². The fourth-order valence-electron chi connectivity index (χ4n) is 0.677. The maximum atomic E-state index is 10.8. The van der Waals surface area contributed by atoms with Gasteiger partial charge in [0.05, 0.1) is 11.5 Å². The first-order chi connectivity index (χ1) is 4.39. The molecule has 1 rings (SSSR count). The van der Waals surface area contributed by atoms with E-state index in [1.54, 1.807) is 23.5 Å². The van der Waals surface area contributed by atoms with E-state index in [0.29, 0.717) is 5.78 Å². The quantitative estimate of drug-likeness (QED) is 0.536. The fourth-order valence-corrected chi connectivity index (χ4v) is 2.63. The molecule has 1 aliphatic rings. The molecule has 52 valence electrons. The maximum Gasteiger partial charge on any atom is 0.152 e. The summed E-state index contributed by atoms with van der Waals surface area (Å²) in [6, 6.07) is 0. The summed E-state index contributed by atoms with van der Waals surface area (Å²) < 4.78 is 0. The summed E-state index contributed by atoms with van der Waals surface area (Å²) in [5.74, 6) is 4.22. The van der Waals surface area contributed by atoms with E-state index in [9.17, 15) is 4.79 Å². The third kappa shape index (κ3) is 3.16. The Balaban J connectivity index is 2.20. The molecule has 0 saturated carbocycles. The van der Waals surface area contributed by atoms with Crippen LogP contribution in [-0.2, 0) is 4.79 Å². The molecule has 0 aromatic heterocycles. The summed E-state index contributed by atoms with van der Waals surface area (Å²) in [4.78, 5) is 10.8. The molecule has 1 nitrogen and oxygen atoms in total. The lowest BCUT2D eigenvalue weighted by Crippen LogP contribution is -2.08. The highest BCUT2D eigenvalue weighted by Gasteiger charge is 2.04. The zero-order chi connectivity index (χ0) is 6.53. The normalized spacial score (nSPS) is 22.9. The number of rotatable bonds is 0. The molecule has 3 heteroatoms. The van der Waals surface area contributed by atoms with Crippen LogP contribution in [0.25, 0.3) is 0 Å². The zero-order valence-corrected chi connectivity index (χ0v) is 6.89. The van der Waals surface area contributed by atoms with Gasteiger partial charge in [-0.3, -0.25) is 4.79 Å². The number of hydrogen-bond acceptors (Lipinski definition) is 3. The monoisotopic (exact) mass is 162 g/mol. The summed E-state index contributed by atoms with van der Waals surface area (Å²) in [6.45, 7) is 0. The smallest absolute Gasteiger partial charge is 0.152 e. The van der Waals surface area contributed by atoms with Gasteiger partial charge >= 0.3 is 0 Å². The Kier molecular flexibility index (Phi) is 3.51. The number of carbonyl (C=O) groups is 1. The molecule has 1 saturated heterocycles. The van der Waals surface area contributed by atoms with Gasteiger partial charge in [0.15, 0.2) is 5.78 Å². The van der Waals surface area contributed by atoms with Crippen molar-refractivity contribution < 1.29 is 4.79 Å². The van der Waals surface area contributed by atoms with Gasteiger partial charge in [0.25, 0.3) is 0 Å². The Hall–Kier alpha value is 0.370. The lowest BCUT2D eigenvalue weighted by atomic mass is 10.5. The van der Waals surface area contributed by atoms with E-state index in [1.165, 1.54) is 17.9 Å². The Bertz CT molecular complexity index is 93.2. The van der Waals surface area contributed by atoms with Crippen LogP contribution in [0.5, 0.6) is 0 Å². The van der Waals surface area contributed by atoms with Crippen LogP contribution >= 0.6 is 23.5 Å². The van der Waals surface area contributed by atoms with E-state index in [1.807, 2.05) is 0 Å². The molecule has 0 atom stereocenters. The van der Waals surface area contributed by atoms with Crippen molar-refractivity contribution in [1.29, 1.82) is 0 Å². The van der Waals surface area contributed by atoms with Gasteiger partial charge in [-0.25, -0.2) is 0 Å². The highest BCUT2D eigenvalue weighted by Crippen LogP contribution is 2.13. The molecule has 0 amide bonds. The lowest BCUT2D eigenvalue weighted by Gasteiger charge is -2.05. The van der Waals surface area contributed by atoms with Crippen molar-refractivity contribution >= 4 is 29.3 Å². The van der Waals surface area contributed by atoms with Crippen molar-refractivity contribution in [2.45, 2.75) is 6.42 Å². The molecular formula is C6H10OS2. The number of hydrogen-bond donors (Lipinski definition) is 0. The van der Waals surface area contributed by atoms with Gasteiger partial charge in [0.2, 0.25) is 0 Å². The summed E-state index contributed by atoms with van der Waals surface area (Å²) in [5, 5.41) is 0. The average Bonchev–Trinajstić information content (AvgIpc) is 1.79. The predicted octanol–water partition coefficient (Wildman–Crippen LogP) is 1.43. The highest BCUT2D eigenvalue weighted by molar-refractivity contribution is 8.02. The van der Waals surface area contributed by atoms with Crippen molar-refractivity contribution in [2.24, 2.45) is 0 Å². The number of Topliss-reactive ketones (excluding diaryl/α,β-unsaturated/α-hetero) is 1. The second-order valence-electron chi connectivity index (χ2n) is 2.00. The summed E-state index contributed by atoms with van der Waals surface area (Å²) in [7, 11) is 0. The maximum absolute atomic E-state index is 10.8. The third-order valence-corrected chi connectivity index (χ3v) is 3.31. The minimum Gasteiger partial charge on any atom is -0.298 e. The summed E-state index contributed by atoms with van der Waals surface area (Å²) in [6.07, 6.45) is 1.27. The molecule has 0 bridgehead atoms. The van der Waals surface area contributed by atoms with E-state index in [2.05, 4.69) is 0 Å². The van der Waals surface area contributed by atoms with Crippen LogP contribution in [-0.4, -0.2) is 28.8 Å². The van der Waals surface area contributed by atoms with E-state index in [-0.39, 0.29) is 0 Å². The van der Waals surface area contributed by atoms with Crippen LogP contribution < -0.4 is 0 Å². The van der Waals surface area contributed by atoms with Gasteiger partial charge < -0.3 is 0 Å². The topological polar surface area (TPSA) is 17.1 Å². The zero-order valence-electron chi connectivity index (χ0n) is 5.26. The SMILES string of the molecule is O=C1CSCCCSC1. The molecule has 0 aromatic carbocycles.